The number of carbonyl (C=O) groups excluding carboxylic acids is 1. The van der Waals surface area contributed by atoms with Crippen LogP contribution in [0.15, 0.2) is 36.4 Å². The van der Waals surface area contributed by atoms with Crippen LogP contribution in [-0.4, -0.2) is 25.7 Å². The molecule has 20 heavy (non-hydrogen) atoms. The summed E-state index contributed by atoms with van der Waals surface area (Å²) in [5.41, 5.74) is 1.93. The van der Waals surface area contributed by atoms with Crippen LogP contribution < -0.4 is 4.90 Å². The van der Waals surface area contributed by atoms with Gasteiger partial charge in [-0.15, -0.1) is 0 Å². The fraction of sp³-hybridized carbons (Fsp3) is 0.353. The van der Waals surface area contributed by atoms with Crippen molar-refractivity contribution < 1.29 is 9.53 Å². The van der Waals surface area contributed by atoms with Gasteiger partial charge in [-0.1, -0.05) is 24.3 Å². The molecule has 0 bridgehead atoms. The predicted molar refractivity (Wildman–Crippen MR) is 79.2 cm³/mol. The third-order valence-corrected chi connectivity index (χ3v) is 4.43. The Morgan fingerprint density at radius 3 is 2.65 bits per heavy atom. The van der Waals surface area contributed by atoms with Gasteiger partial charge >= 0.3 is 0 Å². The SMILES string of the molecule is O=C1c2cccc3cccc(c23)N1CC1CCOCC1. The van der Waals surface area contributed by atoms with Crippen molar-refractivity contribution in [3.63, 3.8) is 0 Å². The first-order chi connectivity index (χ1) is 9.84. The normalized spacial score (nSPS) is 19.0. The lowest BCUT2D eigenvalue weighted by Crippen LogP contribution is -2.34. The number of rotatable bonds is 2. The van der Waals surface area contributed by atoms with Gasteiger partial charge in [0.05, 0.1) is 5.69 Å². The number of anilines is 1. The van der Waals surface area contributed by atoms with Crippen LogP contribution in [0.5, 0.6) is 0 Å². The van der Waals surface area contributed by atoms with Gasteiger partial charge < -0.3 is 9.64 Å². The van der Waals surface area contributed by atoms with Crippen molar-refractivity contribution in [2.75, 3.05) is 24.7 Å². The molecule has 0 aliphatic carbocycles. The van der Waals surface area contributed by atoms with Gasteiger partial charge in [-0.3, -0.25) is 4.79 Å². The monoisotopic (exact) mass is 267 g/mol. The van der Waals surface area contributed by atoms with E-state index >= 15 is 0 Å². The van der Waals surface area contributed by atoms with Crippen molar-refractivity contribution in [3.05, 3.63) is 42.0 Å². The zero-order valence-electron chi connectivity index (χ0n) is 11.3. The fourth-order valence-electron chi connectivity index (χ4n) is 3.35. The van der Waals surface area contributed by atoms with Crippen LogP contribution in [0, 0.1) is 5.92 Å². The van der Waals surface area contributed by atoms with Gasteiger partial charge in [0.1, 0.15) is 0 Å². The van der Waals surface area contributed by atoms with Crippen molar-refractivity contribution in [3.8, 4) is 0 Å². The summed E-state index contributed by atoms with van der Waals surface area (Å²) in [6, 6.07) is 12.2. The molecule has 2 heterocycles. The third-order valence-electron chi connectivity index (χ3n) is 4.43. The van der Waals surface area contributed by atoms with E-state index in [1.807, 2.05) is 23.1 Å². The lowest BCUT2D eigenvalue weighted by atomic mass is 9.99. The molecule has 1 saturated heterocycles. The number of hydrogen-bond acceptors (Lipinski definition) is 2. The molecule has 0 radical (unpaired) electrons. The van der Waals surface area contributed by atoms with Crippen LogP contribution >= 0.6 is 0 Å². The zero-order valence-corrected chi connectivity index (χ0v) is 11.3. The zero-order chi connectivity index (χ0) is 13.5. The van der Waals surface area contributed by atoms with E-state index < -0.39 is 0 Å². The summed E-state index contributed by atoms with van der Waals surface area (Å²) in [6.45, 7) is 2.46. The van der Waals surface area contributed by atoms with Gasteiger partial charge in [-0.25, -0.2) is 0 Å². The number of nitrogens with zero attached hydrogens (tertiary/aromatic N) is 1. The van der Waals surface area contributed by atoms with Crippen molar-refractivity contribution in [1.29, 1.82) is 0 Å². The summed E-state index contributed by atoms with van der Waals surface area (Å²) < 4.78 is 5.41. The molecule has 0 N–H and O–H groups in total. The van der Waals surface area contributed by atoms with Gasteiger partial charge in [0.25, 0.3) is 5.91 Å². The molecule has 1 fully saturated rings. The van der Waals surface area contributed by atoms with E-state index in [0.29, 0.717) is 5.92 Å². The largest absolute Gasteiger partial charge is 0.381 e. The minimum atomic E-state index is 0.156. The molecule has 2 aliphatic heterocycles. The van der Waals surface area contributed by atoms with Crippen LogP contribution in [0.4, 0.5) is 5.69 Å². The molecule has 4 rings (SSSR count). The highest BCUT2D eigenvalue weighted by Crippen LogP contribution is 2.38. The molecule has 2 aromatic carbocycles. The Kier molecular flexibility index (Phi) is 2.74. The molecule has 1 amide bonds. The molecule has 0 atom stereocenters. The number of benzene rings is 2. The lowest BCUT2D eigenvalue weighted by Gasteiger charge is -2.27. The van der Waals surface area contributed by atoms with Crippen LogP contribution in [-0.2, 0) is 4.74 Å². The molecule has 0 saturated carbocycles. The maximum atomic E-state index is 12.6. The number of amides is 1. The Morgan fingerprint density at radius 2 is 1.85 bits per heavy atom. The quantitative estimate of drug-likeness (QED) is 0.836. The van der Waals surface area contributed by atoms with Gasteiger partial charge in [0.15, 0.2) is 0 Å². The summed E-state index contributed by atoms with van der Waals surface area (Å²) in [5.74, 6) is 0.709. The van der Waals surface area contributed by atoms with Crippen LogP contribution in [0.25, 0.3) is 10.8 Å². The molecule has 2 aliphatic rings. The summed E-state index contributed by atoms with van der Waals surface area (Å²) in [7, 11) is 0. The topological polar surface area (TPSA) is 29.5 Å². The smallest absolute Gasteiger partial charge is 0.259 e. The Bertz CT molecular complexity index is 668. The summed E-state index contributed by atoms with van der Waals surface area (Å²) in [6.07, 6.45) is 2.10. The first kappa shape index (κ1) is 11.9. The van der Waals surface area contributed by atoms with Gasteiger partial charge in [-0.05, 0) is 36.3 Å². The molecule has 0 unspecified atom stereocenters. The molecule has 102 valence electrons. The second kappa shape index (κ2) is 4.60. The first-order valence-corrected chi connectivity index (χ1v) is 7.26. The minimum absolute atomic E-state index is 0.156. The van der Waals surface area contributed by atoms with Gasteiger partial charge in [-0.2, -0.15) is 0 Å². The third kappa shape index (κ3) is 1.74. The molecule has 0 aromatic heterocycles. The van der Waals surface area contributed by atoms with Crippen molar-refractivity contribution in [2.45, 2.75) is 12.8 Å². The average molecular weight is 267 g/mol. The van der Waals surface area contributed by atoms with Crippen LogP contribution in [0.1, 0.15) is 23.2 Å². The standard InChI is InChI=1S/C17H17NO2/c19-17-14-5-1-3-13-4-2-6-15(16(13)14)18(17)11-12-7-9-20-10-8-12/h1-6,12H,7-11H2. The number of ether oxygens (including phenoxy) is 1. The van der Waals surface area contributed by atoms with Crippen molar-refractivity contribution in [1.82, 2.24) is 0 Å². The molecular weight excluding hydrogens is 250 g/mol. The maximum absolute atomic E-state index is 12.6. The summed E-state index contributed by atoms with van der Waals surface area (Å²) >= 11 is 0. The van der Waals surface area contributed by atoms with Crippen molar-refractivity contribution >= 4 is 22.4 Å². The van der Waals surface area contributed by atoms with Gasteiger partial charge in [0.2, 0.25) is 0 Å². The Labute approximate surface area is 118 Å². The average Bonchev–Trinajstić information content (AvgIpc) is 2.77. The van der Waals surface area contributed by atoms with E-state index in [-0.39, 0.29) is 5.91 Å². The van der Waals surface area contributed by atoms with Crippen molar-refractivity contribution in [2.24, 2.45) is 5.92 Å². The van der Waals surface area contributed by atoms with Crippen LogP contribution in [0.2, 0.25) is 0 Å². The number of carbonyl (C=O) groups is 1. The fourth-order valence-corrected chi connectivity index (χ4v) is 3.35. The molecular formula is C17H17NO2. The maximum Gasteiger partial charge on any atom is 0.259 e. The van der Waals surface area contributed by atoms with Crippen LogP contribution in [0.3, 0.4) is 0 Å². The molecule has 3 heteroatoms. The summed E-state index contributed by atoms with van der Waals surface area (Å²) in [4.78, 5) is 14.6. The van der Waals surface area contributed by atoms with E-state index in [4.69, 9.17) is 4.74 Å². The molecule has 3 nitrogen and oxygen atoms in total. The highest BCUT2D eigenvalue weighted by atomic mass is 16.5. The molecule has 0 spiro atoms. The number of hydrogen-bond donors (Lipinski definition) is 0. The predicted octanol–water partition coefficient (Wildman–Crippen LogP) is 3.23. The van der Waals surface area contributed by atoms with E-state index in [2.05, 4.69) is 18.2 Å². The van der Waals surface area contributed by atoms with E-state index in [9.17, 15) is 4.79 Å². The minimum Gasteiger partial charge on any atom is -0.381 e. The first-order valence-electron chi connectivity index (χ1n) is 7.26. The summed E-state index contributed by atoms with van der Waals surface area (Å²) in [5, 5.41) is 2.27. The Morgan fingerprint density at radius 1 is 1.10 bits per heavy atom. The second-order valence-electron chi connectivity index (χ2n) is 5.65. The lowest BCUT2D eigenvalue weighted by molar-refractivity contribution is 0.0670. The van der Waals surface area contributed by atoms with E-state index in [1.165, 1.54) is 0 Å². The van der Waals surface area contributed by atoms with E-state index in [1.54, 1.807) is 0 Å². The highest BCUT2D eigenvalue weighted by Gasteiger charge is 2.31. The molecule has 2 aromatic rings. The highest BCUT2D eigenvalue weighted by molar-refractivity contribution is 6.25. The second-order valence-corrected chi connectivity index (χ2v) is 5.65. The van der Waals surface area contributed by atoms with Gasteiger partial charge in [0, 0.05) is 30.7 Å². The Balaban J connectivity index is 1.73. The van der Waals surface area contributed by atoms with E-state index in [0.717, 1.165) is 54.6 Å². The Hall–Kier alpha value is -1.87.